The Morgan fingerprint density at radius 2 is 1.37 bits per heavy atom. The second kappa shape index (κ2) is 19.8. The van der Waals surface area contributed by atoms with Crippen LogP contribution in [0.5, 0.6) is 0 Å². The summed E-state index contributed by atoms with van der Waals surface area (Å²) in [6, 6.07) is 0.827. The van der Waals surface area contributed by atoms with Crippen molar-refractivity contribution in [3.63, 3.8) is 0 Å². The van der Waals surface area contributed by atoms with Crippen LogP contribution in [0.4, 0.5) is 0 Å². The van der Waals surface area contributed by atoms with Crippen LogP contribution >= 0.6 is 0 Å². The molecular formula is C26H50O6Si3. The lowest BCUT2D eigenvalue weighted by atomic mass is 10.1. The summed E-state index contributed by atoms with van der Waals surface area (Å²) in [5.41, 5.74) is 2.04. The molecule has 0 aliphatic heterocycles. The minimum Gasteiger partial charge on any atom is -0.460 e. The van der Waals surface area contributed by atoms with E-state index in [1.165, 1.54) is 25.7 Å². The highest BCUT2D eigenvalue weighted by molar-refractivity contribution is 6.87. The molecule has 0 radical (unpaired) electrons. The summed E-state index contributed by atoms with van der Waals surface area (Å²) in [6.45, 7) is 31.5. The molecule has 0 aromatic heterocycles. The third kappa shape index (κ3) is 16.9. The lowest BCUT2D eigenvalue weighted by molar-refractivity contribution is -0.137. The van der Waals surface area contributed by atoms with E-state index < -0.39 is 31.7 Å². The molecule has 0 saturated heterocycles. The van der Waals surface area contributed by atoms with Crippen molar-refractivity contribution in [2.75, 3.05) is 19.4 Å². The second-order valence-corrected chi connectivity index (χ2v) is 18.7. The van der Waals surface area contributed by atoms with Crippen LogP contribution in [0.2, 0.25) is 25.7 Å². The van der Waals surface area contributed by atoms with E-state index in [9.17, 15) is 4.79 Å². The van der Waals surface area contributed by atoms with Gasteiger partial charge in [-0.1, -0.05) is 69.9 Å². The van der Waals surface area contributed by atoms with Gasteiger partial charge < -0.3 is 21.8 Å². The topological polar surface area (TPSA) is 63.2 Å². The van der Waals surface area contributed by atoms with Crippen LogP contribution in [0, 0.1) is 0 Å². The molecule has 0 heterocycles. The molecule has 9 heteroatoms. The van der Waals surface area contributed by atoms with Crippen LogP contribution in [-0.4, -0.2) is 51.1 Å². The first kappa shape index (κ1) is 35.8. The Kier molecular flexibility index (Phi) is 20.3. The van der Waals surface area contributed by atoms with E-state index in [1.807, 2.05) is 13.1 Å². The van der Waals surface area contributed by atoms with E-state index in [0.717, 1.165) is 18.9 Å². The minimum atomic E-state index is -3.08. The molecule has 3 atom stereocenters. The Hall–Kier alpha value is -1.34. The fourth-order valence-electron chi connectivity index (χ4n) is 3.25. The van der Waals surface area contributed by atoms with Crippen molar-refractivity contribution in [3.05, 3.63) is 62.9 Å². The Morgan fingerprint density at radius 3 is 1.89 bits per heavy atom. The number of rotatable bonds is 21. The summed E-state index contributed by atoms with van der Waals surface area (Å²) in [5, 5.41) is 0. The maximum absolute atomic E-state index is 12.1. The van der Waals surface area contributed by atoms with Crippen LogP contribution in [0.3, 0.4) is 0 Å². The maximum Gasteiger partial charge on any atom is 0.356 e. The molecule has 0 aromatic carbocycles. The zero-order valence-corrected chi connectivity index (χ0v) is 26.0. The van der Waals surface area contributed by atoms with E-state index >= 15 is 0 Å². The molecular weight excluding hydrogens is 493 g/mol. The summed E-state index contributed by atoms with van der Waals surface area (Å²) < 4.78 is 30.9. The molecule has 0 N–H and O–H groups in total. The van der Waals surface area contributed by atoms with Gasteiger partial charge in [0, 0.05) is 5.57 Å². The summed E-state index contributed by atoms with van der Waals surface area (Å²) in [6.07, 6.45) is 10.5. The van der Waals surface area contributed by atoms with Gasteiger partial charge in [-0.05, 0) is 32.6 Å². The molecule has 0 spiro atoms. The smallest absolute Gasteiger partial charge is 0.356 e. The fraction of sp³-hybridized carbons (Fsp3) is 0.577. The highest BCUT2D eigenvalue weighted by Gasteiger charge is 2.48. The SMILES string of the molecule is C=C.C=CCO[Si](C)(C=C)O[Si](C)(COC(=O)C(=C)C)O[Si](C)(CCCCCCCC)OCC=C. The third-order valence-corrected chi connectivity index (χ3v) is 16.0. The Morgan fingerprint density at radius 1 is 0.829 bits per heavy atom. The Labute approximate surface area is 218 Å². The predicted molar refractivity (Wildman–Crippen MR) is 155 cm³/mol. The van der Waals surface area contributed by atoms with Gasteiger partial charge in [0.15, 0.2) is 0 Å². The van der Waals surface area contributed by atoms with Crippen molar-refractivity contribution >= 4 is 31.7 Å². The van der Waals surface area contributed by atoms with E-state index in [2.05, 4.69) is 52.9 Å². The number of carbonyl (C=O) groups excluding carboxylic acids is 1. The molecule has 35 heavy (non-hydrogen) atoms. The molecule has 0 rings (SSSR count). The molecule has 0 bridgehead atoms. The van der Waals surface area contributed by atoms with Crippen LogP contribution in [0.25, 0.3) is 0 Å². The van der Waals surface area contributed by atoms with E-state index in [0.29, 0.717) is 18.8 Å². The third-order valence-electron chi connectivity index (χ3n) is 5.01. The number of hydrogen-bond acceptors (Lipinski definition) is 6. The quantitative estimate of drug-likeness (QED) is 0.0503. The van der Waals surface area contributed by atoms with E-state index in [-0.39, 0.29) is 6.23 Å². The van der Waals surface area contributed by atoms with Crippen molar-refractivity contribution in [1.29, 1.82) is 0 Å². The van der Waals surface area contributed by atoms with Gasteiger partial charge in [0.25, 0.3) is 0 Å². The second-order valence-electron chi connectivity index (χ2n) is 8.77. The Bertz CT molecular complexity index is 659. The van der Waals surface area contributed by atoms with Crippen LogP contribution in [0.15, 0.2) is 62.9 Å². The van der Waals surface area contributed by atoms with Crippen molar-refractivity contribution in [3.8, 4) is 0 Å². The van der Waals surface area contributed by atoms with Crippen LogP contribution in [-0.2, 0) is 26.6 Å². The molecule has 0 amide bonds. The van der Waals surface area contributed by atoms with Gasteiger partial charge in [0.05, 0.1) is 13.2 Å². The van der Waals surface area contributed by atoms with E-state index in [1.54, 1.807) is 24.8 Å². The summed E-state index contributed by atoms with van der Waals surface area (Å²) in [4.78, 5) is 12.1. The summed E-state index contributed by atoms with van der Waals surface area (Å²) in [5.74, 6) is -0.471. The number of hydrogen-bond donors (Lipinski definition) is 0. The van der Waals surface area contributed by atoms with Crippen molar-refractivity contribution in [1.82, 2.24) is 0 Å². The minimum absolute atomic E-state index is 0.0170. The van der Waals surface area contributed by atoms with Crippen molar-refractivity contribution in [2.24, 2.45) is 0 Å². The van der Waals surface area contributed by atoms with Gasteiger partial charge in [-0.3, -0.25) is 0 Å². The van der Waals surface area contributed by atoms with Crippen molar-refractivity contribution in [2.45, 2.75) is 78.1 Å². The first-order valence-corrected chi connectivity index (χ1v) is 19.8. The molecule has 202 valence electrons. The summed E-state index contributed by atoms with van der Waals surface area (Å²) >= 11 is 0. The first-order valence-electron chi connectivity index (χ1n) is 12.3. The number of esters is 1. The molecule has 3 unspecified atom stereocenters. The largest absolute Gasteiger partial charge is 0.460 e. The van der Waals surface area contributed by atoms with Gasteiger partial charge in [0.2, 0.25) is 0 Å². The average molecular weight is 543 g/mol. The number of ether oxygens (including phenoxy) is 1. The molecule has 0 aliphatic rings. The normalized spacial score (nSPS) is 15.8. The lowest BCUT2D eigenvalue weighted by Crippen LogP contribution is -2.60. The summed E-state index contributed by atoms with van der Waals surface area (Å²) in [7, 11) is -8.54. The Balaban J connectivity index is 0. The average Bonchev–Trinajstić information content (AvgIpc) is 2.83. The number of carbonyl (C=O) groups is 1. The number of unbranched alkanes of at least 4 members (excludes halogenated alkanes) is 5. The first-order chi connectivity index (χ1) is 16.5. The molecule has 0 aliphatic carbocycles. The van der Waals surface area contributed by atoms with Crippen LogP contribution < -0.4 is 0 Å². The monoisotopic (exact) mass is 542 g/mol. The highest BCUT2D eigenvalue weighted by atomic mass is 28.5. The zero-order chi connectivity index (χ0) is 27.4. The van der Waals surface area contributed by atoms with Gasteiger partial charge in [-0.25, -0.2) is 4.79 Å². The van der Waals surface area contributed by atoms with E-state index in [4.69, 9.17) is 21.8 Å². The molecule has 0 saturated carbocycles. The standard InChI is InChI=1S/C24H46O6Si3.C2H4/c1-10-14-15-16-17-18-21-32(8,28-20-12-3)30-33(9,22-26-24(25)23(5)6)29-31(7,13-4)27-19-11-2;1-2/h11-13H,2-5,10,14-22H2,1,6-9H3;1-2H2. The molecule has 0 aromatic rings. The molecule has 6 nitrogen and oxygen atoms in total. The van der Waals surface area contributed by atoms with Gasteiger partial charge in [-0.2, -0.15) is 0 Å². The van der Waals surface area contributed by atoms with Crippen molar-refractivity contribution < 1.29 is 26.6 Å². The van der Waals surface area contributed by atoms with Crippen LogP contribution in [0.1, 0.15) is 52.4 Å². The fourth-order valence-corrected chi connectivity index (χ4v) is 15.0. The predicted octanol–water partition coefficient (Wildman–Crippen LogP) is 7.19. The van der Waals surface area contributed by atoms with Gasteiger partial charge in [-0.15, -0.1) is 32.9 Å². The highest BCUT2D eigenvalue weighted by Crippen LogP contribution is 2.27. The molecule has 0 fully saturated rings. The van der Waals surface area contributed by atoms with Gasteiger partial charge >= 0.3 is 31.7 Å². The van der Waals surface area contributed by atoms with Gasteiger partial charge in [0.1, 0.15) is 6.23 Å². The lowest BCUT2D eigenvalue weighted by Gasteiger charge is -2.40. The zero-order valence-electron chi connectivity index (χ0n) is 23.0. The maximum atomic E-state index is 12.1.